The predicted molar refractivity (Wildman–Crippen MR) is 89.9 cm³/mol. The fourth-order valence-electron chi connectivity index (χ4n) is 2.53. The summed E-state index contributed by atoms with van der Waals surface area (Å²) in [7, 11) is 1.96. The molecule has 6 heteroatoms. The van der Waals surface area contributed by atoms with E-state index in [0.29, 0.717) is 13.1 Å². The van der Waals surface area contributed by atoms with Crippen molar-refractivity contribution in [2.24, 2.45) is 7.05 Å². The first-order valence-corrected chi connectivity index (χ1v) is 7.63. The molecule has 0 spiro atoms. The molecule has 0 unspecified atom stereocenters. The van der Waals surface area contributed by atoms with E-state index >= 15 is 0 Å². The Kier molecular flexibility index (Phi) is 5.51. The van der Waals surface area contributed by atoms with Crippen molar-refractivity contribution in [1.82, 2.24) is 19.8 Å². The lowest BCUT2D eigenvalue weighted by molar-refractivity contribution is -0.132. The van der Waals surface area contributed by atoms with Gasteiger partial charge in [-0.1, -0.05) is 6.58 Å². The minimum absolute atomic E-state index is 0.0540. The van der Waals surface area contributed by atoms with Gasteiger partial charge in [-0.3, -0.25) is 9.59 Å². The van der Waals surface area contributed by atoms with Gasteiger partial charge in [0, 0.05) is 37.9 Å². The molecule has 6 nitrogen and oxygen atoms in total. The third kappa shape index (κ3) is 3.97. The van der Waals surface area contributed by atoms with Gasteiger partial charge in [-0.25, -0.2) is 4.98 Å². The van der Waals surface area contributed by atoms with E-state index in [9.17, 15) is 9.59 Å². The van der Waals surface area contributed by atoms with E-state index in [4.69, 9.17) is 0 Å². The molecule has 2 heterocycles. The van der Waals surface area contributed by atoms with E-state index < -0.39 is 0 Å². The first-order valence-electron chi connectivity index (χ1n) is 7.63. The van der Waals surface area contributed by atoms with Crippen LogP contribution in [-0.4, -0.2) is 45.9 Å². The molecule has 23 heavy (non-hydrogen) atoms. The largest absolute Gasteiger partial charge is 0.354 e. The Morgan fingerprint density at radius 2 is 2.26 bits per heavy atom. The van der Waals surface area contributed by atoms with Gasteiger partial charge in [0.05, 0.1) is 6.54 Å². The van der Waals surface area contributed by atoms with Crippen molar-refractivity contribution in [2.75, 3.05) is 19.6 Å². The van der Waals surface area contributed by atoms with Crippen LogP contribution in [0.3, 0.4) is 0 Å². The van der Waals surface area contributed by atoms with Gasteiger partial charge in [0.15, 0.2) is 0 Å². The molecule has 2 aromatic rings. The Bertz CT molecular complexity index is 720. The van der Waals surface area contributed by atoms with Gasteiger partial charge in [0.25, 0.3) is 0 Å². The fraction of sp³-hybridized carbons (Fsp3) is 0.353. The molecule has 0 aliphatic heterocycles. The topological polar surface area (TPSA) is 67.2 Å². The van der Waals surface area contributed by atoms with Crippen molar-refractivity contribution < 1.29 is 9.59 Å². The lowest BCUT2D eigenvalue weighted by atomic mass is 10.1. The lowest BCUT2D eigenvalue weighted by Crippen LogP contribution is -2.40. The van der Waals surface area contributed by atoms with Gasteiger partial charge in [-0.2, -0.15) is 0 Å². The van der Waals surface area contributed by atoms with Crippen molar-refractivity contribution in [3.8, 4) is 0 Å². The van der Waals surface area contributed by atoms with E-state index in [1.54, 1.807) is 6.20 Å². The molecule has 0 bridgehead atoms. The Morgan fingerprint density at radius 1 is 1.48 bits per heavy atom. The molecule has 2 amide bonds. The molecule has 0 saturated heterocycles. The molecular formula is C17H22N4O2. The number of nitrogens with zero attached hydrogens (tertiary/aromatic N) is 3. The molecule has 0 aromatic carbocycles. The van der Waals surface area contributed by atoms with Gasteiger partial charge in [0.1, 0.15) is 5.65 Å². The highest BCUT2D eigenvalue weighted by molar-refractivity contribution is 5.90. The first-order chi connectivity index (χ1) is 11.1. The van der Waals surface area contributed by atoms with E-state index in [1.165, 1.54) is 11.0 Å². The lowest BCUT2D eigenvalue weighted by Gasteiger charge is -2.18. The number of carbonyl (C=O) groups is 2. The number of pyridine rings is 1. The van der Waals surface area contributed by atoms with Crippen molar-refractivity contribution in [3.63, 3.8) is 0 Å². The maximum atomic E-state index is 11.9. The minimum Gasteiger partial charge on any atom is -0.354 e. The Labute approximate surface area is 135 Å². The van der Waals surface area contributed by atoms with Crippen LogP contribution in [-0.2, 0) is 23.1 Å². The average molecular weight is 314 g/mol. The average Bonchev–Trinajstić information content (AvgIpc) is 2.88. The van der Waals surface area contributed by atoms with Gasteiger partial charge in [-0.15, -0.1) is 0 Å². The molecule has 0 fully saturated rings. The maximum Gasteiger partial charge on any atom is 0.246 e. The zero-order chi connectivity index (χ0) is 16.8. The van der Waals surface area contributed by atoms with Crippen LogP contribution in [0.2, 0.25) is 0 Å². The number of rotatable bonds is 7. The summed E-state index contributed by atoms with van der Waals surface area (Å²) in [5.74, 6) is -0.400. The highest BCUT2D eigenvalue weighted by Gasteiger charge is 2.13. The molecular weight excluding hydrogens is 292 g/mol. The van der Waals surface area contributed by atoms with Crippen molar-refractivity contribution in [3.05, 3.63) is 42.7 Å². The van der Waals surface area contributed by atoms with Crippen molar-refractivity contribution in [1.29, 1.82) is 0 Å². The number of carbonyl (C=O) groups excluding carboxylic acids is 2. The summed E-state index contributed by atoms with van der Waals surface area (Å²) in [4.78, 5) is 29.3. The number of hydrogen-bond donors (Lipinski definition) is 1. The smallest absolute Gasteiger partial charge is 0.246 e. The highest BCUT2D eigenvalue weighted by atomic mass is 16.2. The van der Waals surface area contributed by atoms with Gasteiger partial charge in [-0.05, 0) is 37.1 Å². The van der Waals surface area contributed by atoms with Gasteiger partial charge in [0.2, 0.25) is 11.8 Å². The Morgan fingerprint density at radius 3 is 2.96 bits per heavy atom. The van der Waals surface area contributed by atoms with E-state index in [1.807, 2.05) is 36.9 Å². The second-order valence-electron chi connectivity index (χ2n) is 5.30. The fourth-order valence-corrected chi connectivity index (χ4v) is 2.53. The highest BCUT2D eigenvalue weighted by Crippen LogP contribution is 2.18. The number of hydrogen-bond acceptors (Lipinski definition) is 3. The maximum absolute atomic E-state index is 11.9. The van der Waals surface area contributed by atoms with E-state index in [-0.39, 0.29) is 18.4 Å². The van der Waals surface area contributed by atoms with Crippen LogP contribution >= 0.6 is 0 Å². The molecule has 0 saturated carbocycles. The van der Waals surface area contributed by atoms with Crippen molar-refractivity contribution >= 4 is 22.8 Å². The van der Waals surface area contributed by atoms with Crippen LogP contribution < -0.4 is 5.32 Å². The third-order valence-electron chi connectivity index (χ3n) is 3.74. The number of fused-ring (bicyclic) bond motifs is 1. The number of aryl methyl sites for hydroxylation is 1. The molecule has 122 valence electrons. The third-order valence-corrected chi connectivity index (χ3v) is 3.74. The summed E-state index contributed by atoms with van der Waals surface area (Å²) in [6.45, 7) is 6.32. The van der Waals surface area contributed by atoms with Crippen LogP contribution in [0, 0.1) is 0 Å². The monoisotopic (exact) mass is 314 g/mol. The molecule has 2 aromatic heterocycles. The summed E-state index contributed by atoms with van der Waals surface area (Å²) in [6, 6.07) is 3.94. The zero-order valence-electron chi connectivity index (χ0n) is 13.6. The first kappa shape index (κ1) is 16.7. The standard InChI is InChI=1S/C17H22N4O2/c1-4-16(23)21(5-2)12-15(22)18-10-8-13-11-20(3)17-14(13)7-6-9-19-17/h4,6-7,9,11H,1,5,8,10,12H2,2-3H3,(H,18,22). The molecule has 0 aliphatic rings. The number of aromatic nitrogens is 2. The summed E-state index contributed by atoms with van der Waals surface area (Å²) in [5.41, 5.74) is 2.08. The second-order valence-corrected chi connectivity index (χ2v) is 5.30. The molecule has 2 rings (SSSR count). The quantitative estimate of drug-likeness (QED) is 0.783. The SMILES string of the molecule is C=CC(=O)N(CC)CC(=O)NCCc1cn(C)c2ncccc12. The number of nitrogens with one attached hydrogen (secondary N) is 1. The Balaban J connectivity index is 1.90. The van der Waals surface area contributed by atoms with E-state index in [2.05, 4.69) is 16.9 Å². The van der Waals surface area contributed by atoms with Gasteiger partial charge >= 0.3 is 0 Å². The summed E-state index contributed by atoms with van der Waals surface area (Å²) in [5, 5.41) is 3.95. The normalized spacial score (nSPS) is 10.5. The zero-order valence-corrected chi connectivity index (χ0v) is 13.6. The molecule has 0 atom stereocenters. The summed E-state index contributed by atoms with van der Waals surface area (Å²) in [6.07, 6.45) is 5.74. The number of likely N-dealkylation sites (N-methyl/N-ethyl adjacent to an activating group) is 1. The Hall–Kier alpha value is -2.63. The molecule has 0 aliphatic carbocycles. The van der Waals surface area contributed by atoms with E-state index in [0.717, 1.165) is 23.0 Å². The van der Waals surface area contributed by atoms with Crippen LogP contribution in [0.5, 0.6) is 0 Å². The predicted octanol–water partition coefficient (Wildman–Crippen LogP) is 1.27. The van der Waals surface area contributed by atoms with Crippen molar-refractivity contribution in [2.45, 2.75) is 13.3 Å². The van der Waals surface area contributed by atoms with Gasteiger partial charge < -0.3 is 14.8 Å². The molecule has 1 N–H and O–H groups in total. The summed E-state index contributed by atoms with van der Waals surface area (Å²) >= 11 is 0. The van der Waals surface area contributed by atoms with Crippen LogP contribution in [0.1, 0.15) is 12.5 Å². The van der Waals surface area contributed by atoms with Crippen LogP contribution in [0.25, 0.3) is 11.0 Å². The van der Waals surface area contributed by atoms with Crippen LogP contribution in [0.15, 0.2) is 37.2 Å². The minimum atomic E-state index is -0.234. The number of amides is 2. The summed E-state index contributed by atoms with van der Waals surface area (Å²) < 4.78 is 1.98. The second kappa shape index (κ2) is 7.58. The van der Waals surface area contributed by atoms with Crippen LogP contribution in [0.4, 0.5) is 0 Å². The molecule has 0 radical (unpaired) electrons.